The van der Waals surface area contributed by atoms with Gasteiger partial charge in [0.2, 0.25) is 0 Å². The van der Waals surface area contributed by atoms with Gasteiger partial charge in [0.05, 0.1) is 0 Å². The Hall–Kier alpha value is -1.26. The van der Waals surface area contributed by atoms with Crippen molar-refractivity contribution in [2.45, 2.75) is 97.5 Å². The number of ketones is 1. The van der Waals surface area contributed by atoms with Gasteiger partial charge in [-0.1, -0.05) is 46.5 Å². The van der Waals surface area contributed by atoms with Crippen LogP contribution in [-0.2, 0) is 33.5 Å². The third-order valence-electron chi connectivity index (χ3n) is 7.71. The molecule has 1 spiro atoms. The molecule has 0 amide bonds. The van der Waals surface area contributed by atoms with Gasteiger partial charge in [-0.25, -0.2) is 0 Å². The Kier molecular flexibility index (Phi) is 7.73. The van der Waals surface area contributed by atoms with Crippen LogP contribution in [0.4, 0.5) is 0 Å². The Bertz CT molecular complexity index is 723. The number of Topliss-reactive ketones (excluding diaryl/α,β-unsaturated/α-hetero) is 1. The predicted octanol–water partition coefficient (Wildman–Crippen LogP) is 5.69. The number of nitrogens with zero attached hydrogens (tertiary/aromatic N) is 1. The van der Waals surface area contributed by atoms with Crippen LogP contribution >= 0.6 is 0 Å². The van der Waals surface area contributed by atoms with Gasteiger partial charge in [-0.15, -0.1) is 0 Å². The topological polar surface area (TPSA) is 48.4 Å². The highest BCUT2D eigenvalue weighted by molar-refractivity contribution is 5.85. The van der Waals surface area contributed by atoms with Crippen molar-refractivity contribution in [3.05, 3.63) is 29.1 Å². The molecule has 2 aliphatic carbocycles. The van der Waals surface area contributed by atoms with E-state index in [2.05, 4.69) is 26.8 Å². The lowest BCUT2D eigenvalue weighted by molar-refractivity contribution is -0.174. The minimum atomic E-state index is -0.880. The summed E-state index contributed by atoms with van der Waals surface area (Å²) in [5.41, 5.74) is 3.45. The van der Waals surface area contributed by atoms with Crippen molar-refractivity contribution in [3.63, 3.8) is 0 Å². The van der Waals surface area contributed by atoms with Gasteiger partial charge in [0.25, 0.3) is 0 Å². The summed E-state index contributed by atoms with van der Waals surface area (Å²) >= 11 is 0. The number of carbonyl (C=O) groups is 1. The van der Waals surface area contributed by atoms with Gasteiger partial charge in [0.1, 0.15) is 12.4 Å². The summed E-state index contributed by atoms with van der Waals surface area (Å²) in [5, 5.41) is 0. The lowest BCUT2D eigenvalue weighted by Gasteiger charge is -2.37. The number of pyridine rings is 1. The van der Waals surface area contributed by atoms with Crippen molar-refractivity contribution >= 4 is 5.78 Å². The SMILES string of the molecule is COCO[C@@](Cc1nccc2c1CC1(CCCCC1)C2)(C(C)=O)[C@@H](C)CCC(C)C. The first-order valence-corrected chi connectivity index (χ1v) is 11.9. The highest BCUT2D eigenvalue weighted by Crippen LogP contribution is 2.48. The molecule has 4 heteroatoms. The predicted molar refractivity (Wildman–Crippen MR) is 120 cm³/mol. The Labute approximate surface area is 183 Å². The van der Waals surface area contributed by atoms with Crippen LogP contribution in [0.25, 0.3) is 0 Å². The first-order valence-electron chi connectivity index (χ1n) is 11.9. The van der Waals surface area contributed by atoms with Gasteiger partial charge in [-0.05, 0) is 73.5 Å². The standard InChI is InChI=1S/C26H41NO3/c1-19(2)9-10-20(3)26(21(4)28,30-18-29-5)17-24-23-16-25(12-7-6-8-13-25)15-22(23)11-14-27-24/h11,14,19-20H,6-10,12-13,15-18H2,1-5H3/t20-,26+/m0/s1. The molecule has 1 fully saturated rings. The van der Waals surface area contributed by atoms with Crippen LogP contribution < -0.4 is 0 Å². The molecule has 0 aromatic carbocycles. The van der Waals surface area contributed by atoms with Crippen molar-refractivity contribution in [1.29, 1.82) is 0 Å². The Morgan fingerprint density at radius 2 is 1.90 bits per heavy atom. The van der Waals surface area contributed by atoms with E-state index in [1.165, 1.54) is 49.7 Å². The quantitative estimate of drug-likeness (QED) is 0.460. The van der Waals surface area contributed by atoms with E-state index in [1.54, 1.807) is 14.0 Å². The molecule has 1 aromatic rings. The first-order chi connectivity index (χ1) is 14.3. The monoisotopic (exact) mass is 415 g/mol. The van der Waals surface area contributed by atoms with E-state index in [-0.39, 0.29) is 18.5 Å². The lowest BCUT2D eigenvalue weighted by atomic mass is 9.72. The summed E-state index contributed by atoms with van der Waals surface area (Å²) in [5.74, 6) is 0.792. The zero-order chi connectivity index (χ0) is 21.8. The van der Waals surface area contributed by atoms with E-state index >= 15 is 0 Å². The van der Waals surface area contributed by atoms with E-state index in [0.717, 1.165) is 25.0 Å². The molecule has 1 saturated carbocycles. The van der Waals surface area contributed by atoms with Crippen molar-refractivity contribution in [3.8, 4) is 0 Å². The average Bonchev–Trinajstić information content (AvgIpc) is 3.07. The molecule has 0 saturated heterocycles. The van der Waals surface area contributed by atoms with E-state index < -0.39 is 5.60 Å². The number of fused-ring (bicyclic) bond motifs is 1. The van der Waals surface area contributed by atoms with Crippen LogP contribution in [0, 0.1) is 17.3 Å². The zero-order valence-electron chi connectivity index (χ0n) is 19.8. The van der Waals surface area contributed by atoms with E-state index in [0.29, 0.717) is 17.8 Å². The lowest BCUT2D eigenvalue weighted by Crippen LogP contribution is -2.49. The van der Waals surface area contributed by atoms with Gasteiger partial charge in [-0.3, -0.25) is 9.78 Å². The van der Waals surface area contributed by atoms with E-state index in [1.807, 2.05) is 6.20 Å². The Balaban J connectivity index is 1.90. The molecule has 3 rings (SSSR count). The molecule has 1 heterocycles. The van der Waals surface area contributed by atoms with Gasteiger partial charge in [0.15, 0.2) is 5.78 Å². The fraction of sp³-hybridized carbons (Fsp3) is 0.769. The number of rotatable bonds is 10. The largest absolute Gasteiger partial charge is 0.359 e. The molecule has 0 aliphatic heterocycles. The maximum atomic E-state index is 13.0. The first kappa shape index (κ1) is 23.4. The summed E-state index contributed by atoms with van der Waals surface area (Å²) in [6.07, 6.45) is 13.5. The third-order valence-corrected chi connectivity index (χ3v) is 7.71. The molecule has 4 nitrogen and oxygen atoms in total. The summed E-state index contributed by atoms with van der Waals surface area (Å²) in [6, 6.07) is 2.20. The van der Waals surface area contributed by atoms with Gasteiger partial charge < -0.3 is 9.47 Å². The fourth-order valence-electron chi connectivity index (χ4n) is 5.78. The normalized spacial score (nSPS) is 20.9. The molecule has 30 heavy (non-hydrogen) atoms. The average molecular weight is 416 g/mol. The van der Waals surface area contributed by atoms with Crippen molar-refractivity contribution in [2.24, 2.45) is 17.3 Å². The minimum Gasteiger partial charge on any atom is -0.359 e. The number of hydrogen-bond donors (Lipinski definition) is 0. The molecule has 2 aliphatic rings. The molecule has 2 atom stereocenters. The second-order valence-corrected chi connectivity index (χ2v) is 10.4. The Morgan fingerprint density at radius 3 is 2.53 bits per heavy atom. The molecule has 0 unspecified atom stereocenters. The Morgan fingerprint density at radius 1 is 1.17 bits per heavy atom. The molecule has 168 valence electrons. The second-order valence-electron chi connectivity index (χ2n) is 10.4. The summed E-state index contributed by atoms with van der Waals surface area (Å²) < 4.78 is 11.5. The van der Waals surface area contributed by atoms with Gasteiger partial charge in [-0.2, -0.15) is 0 Å². The number of ether oxygens (including phenoxy) is 2. The summed E-state index contributed by atoms with van der Waals surface area (Å²) in [6.45, 7) is 8.42. The van der Waals surface area contributed by atoms with E-state index in [4.69, 9.17) is 14.5 Å². The van der Waals surface area contributed by atoms with Crippen LogP contribution in [0.2, 0.25) is 0 Å². The van der Waals surface area contributed by atoms with Crippen LogP contribution in [0.5, 0.6) is 0 Å². The maximum Gasteiger partial charge on any atom is 0.162 e. The number of carbonyl (C=O) groups excluding carboxylic acids is 1. The fourth-order valence-corrected chi connectivity index (χ4v) is 5.78. The van der Waals surface area contributed by atoms with Crippen molar-refractivity contribution in [1.82, 2.24) is 4.98 Å². The number of hydrogen-bond acceptors (Lipinski definition) is 4. The third kappa shape index (κ3) is 4.96. The highest BCUT2D eigenvalue weighted by Gasteiger charge is 2.45. The van der Waals surface area contributed by atoms with Crippen molar-refractivity contribution in [2.75, 3.05) is 13.9 Å². The summed E-state index contributed by atoms with van der Waals surface area (Å²) in [4.78, 5) is 17.9. The summed E-state index contributed by atoms with van der Waals surface area (Å²) in [7, 11) is 1.62. The van der Waals surface area contributed by atoms with Gasteiger partial charge >= 0.3 is 0 Å². The van der Waals surface area contributed by atoms with Crippen molar-refractivity contribution < 1.29 is 14.3 Å². The molecular formula is C26H41NO3. The van der Waals surface area contributed by atoms with Crippen LogP contribution in [0.15, 0.2) is 12.3 Å². The molecule has 0 bridgehead atoms. The van der Waals surface area contributed by atoms with Crippen LogP contribution in [0.1, 0.15) is 89.5 Å². The highest BCUT2D eigenvalue weighted by atomic mass is 16.7. The second kappa shape index (κ2) is 9.91. The van der Waals surface area contributed by atoms with Crippen LogP contribution in [-0.4, -0.2) is 30.3 Å². The smallest absolute Gasteiger partial charge is 0.162 e. The van der Waals surface area contributed by atoms with Crippen LogP contribution in [0.3, 0.4) is 0 Å². The molecule has 0 radical (unpaired) electrons. The molecular weight excluding hydrogens is 374 g/mol. The number of methoxy groups -OCH3 is 1. The molecule has 0 N–H and O–H groups in total. The zero-order valence-corrected chi connectivity index (χ0v) is 19.8. The molecule has 1 aromatic heterocycles. The minimum absolute atomic E-state index is 0.0839. The maximum absolute atomic E-state index is 13.0. The number of aromatic nitrogens is 1. The van der Waals surface area contributed by atoms with E-state index in [9.17, 15) is 4.79 Å². The van der Waals surface area contributed by atoms with Gasteiger partial charge in [0, 0.05) is 25.4 Å².